The summed E-state index contributed by atoms with van der Waals surface area (Å²) >= 11 is 0. The predicted molar refractivity (Wildman–Crippen MR) is 34.0 cm³/mol. The van der Waals surface area contributed by atoms with Crippen LogP contribution in [-0.2, 0) is 9.59 Å². The van der Waals surface area contributed by atoms with E-state index >= 15 is 0 Å². The Labute approximate surface area is 58.0 Å². The van der Waals surface area contributed by atoms with Crippen molar-refractivity contribution in [1.82, 2.24) is 0 Å². The molecule has 0 saturated carbocycles. The fraction of sp³-hybridized carbons (Fsp3) is 0.600. The summed E-state index contributed by atoms with van der Waals surface area (Å²) in [6, 6.07) is 0. The molecule has 5 nitrogen and oxygen atoms in total. The molecular weight excluding hydrogens is 136 g/mol. The highest BCUT2D eigenvalue weighted by molar-refractivity contribution is 5.81. The minimum absolute atomic E-state index is 0.0573. The van der Waals surface area contributed by atoms with Crippen LogP contribution in [0.25, 0.3) is 0 Å². The molecule has 0 spiro atoms. The molecule has 0 heterocycles. The zero-order valence-corrected chi connectivity index (χ0v) is 5.41. The first-order valence-electron chi connectivity index (χ1n) is 2.79. The molecule has 0 rings (SSSR count). The van der Waals surface area contributed by atoms with E-state index in [1.165, 1.54) is 0 Å². The maximum Gasteiger partial charge on any atom is 0.308 e. The minimum Gasteiger partial charge on any atom is -0.481 e. The summed E-state index contributed by atoms with van der Waals surface area (Å²) in [7, 11) is 0. The molecule has 0 radical (unpaired) electrons. The first-order valence-corrected chi connectivity index (χ1v) is 2.79. The van der Waals surface area contributed by atoms with E-state index < -0.39 is 17.8 Å². The number of rotatable bonds is 4. The van der Waals surface area contributed by atoms with Gasteiger partial charge in [-0.2, -0.15) is 0 Å². The number of carboxylic acids is 1. The maximum atomic E-state index is 10.2. The number of carbonyl (C=O) groups excluding carboxylic acids is 1. The van der Waals surface area contributed by atoms with Gasteiger partial charge in [0.05, 0.1) is 5.92 Å². The molecule has 0 fully saturated rings. The van der Waals surface area contributed by atoms with E-state index in [1.54, 1.807) is 0 Å². The van der Waals surface area contributed by atoms with Crippen molar-refractivity contribution in [3.05, 3.63) is 0 Å². The van der Waals surface area contributed by atoms with Gasteiger partial charge in [0.15, 0.2) is 0 Å². The summed E-state index contributed by atoms with van der Waals surface area (Å²) in [6.07, 6.45) is -0.189. The quantitative estimate of drug-likeness (QED) is 0.449. The molecule has 0 bridgehead atoms. The maximum absolute atomic E-state index is 10.2. The van der Waals surface area contributed by atoms with E-state index in [0.717, 1.165) is 0 Å². The number of carboxylic acid groups (broad SMARTS) is 1. The minimum atomic E-state index is -1.08. The van der Waals surface area contributed by atoms with Gasteiger partial charge in [-0.25, -0.2) is 0 Å². The number of amides is 1. The van der Waals surface area contributed by atoms with E-state index in [9.17, 15) is 9.59 Å². The lowest BCUT2D eigenvalue weighted by atomic mass is 10.1. The lowest BCUT2D eigenvalue weighted by Crippen LogP contribution is -2.28. The summed E-state index contributed by atoms with van der Waals surface area (Å²) in [4.78, 5) is 20.4. The van der Waals surface area contributed by atoms with Gasteiger partial charge in [0, 0.05) is 13.0 Å². The summed E-state index contributed by atoms with van der Waals surface area (Å²) < 4.78 is 0. The monoisotopic (exact) mass is 146 g/mol. The highest BCUT2D eigenvalue weighted by atomic mass is 16.4. The van der Waals surface area contributed by atoms with Crippen LogP contribution in [-0.4, -0.2) is 23.5 Å². The Morgan fingerprint density at radius 3 is 2.10 bits per heavy atom. The number of primary amides is 1. The molecule has 5 N–H and O–H groups in total. The van der Waals surface area contributed by atoms with Gasteiger partial charge in [0.25, 0.3) is 0 Å². The molecule has 1 amide bonds. The van der Waals surface area contributed by atoms with Crippen molar-refractivity contribution in [2.24, 2.45) is 17.4 Å². The van der Waals surface area contributed by atoms with Gasteiger partial charge in [-0.15, -0.1) is 0 Å². The molecule has 5 heteroatoms. The van der Waals surface area contributed by atoms with Gasteiger partial charge in [0.2, 0.25) is 5.91 Å². The van der Waals surface area contributed by atoms with Crippen molar-refractivity contribution in [2.45, 2.75) is 6.42 Å². The van der Waals surface area contributed by atoms with Crippen LogP contribution >= 0.6 is 0 Å². The van der Waals surface area contributed by atoms with Crippen LogP contribution in [0, 0.1) is 5.92 Å². The zero-order chi connectivity index (χ0) is 8.15. The number of aliphatic carboxylic acids is 1. The third kappa shape index (κ3) is 3.03. The van der Waals surface area contributed by atoms with Crippen LogP contribution in [0.2, 0.25) is 0 Å². The van der Waals surface area contributed by atoms with Gasteiger partial charge >= 0.3 is 5.97 Å². The molecular formula is C5H10N2O3. The highest BCUT2D eigenvalue weighted by Crippen LogP contribution is 1.98. The summed E-state index contributed by atoms with van der Waals surface area (Å²) in [5, 5.41) is 8.33. The van der Waals surface area contributed by atoms with E-state index in [1.807, 2.05) is 0 Å². The largest absolute Gasteiger partial charge is 0.481 e. The second-order valence-electron chi connectivity index (χ2n) is 1.94. The van der Waals surface area contributed by atoms with Crippen molar-refractivity contribution in [1.29, 1.82) is 0 Å². The second kappa shape index (κ2) is 3.84. The third-order valence-electron chi connectivity index (χ3n) is 1.08. The second-order valence-corrected chi connectivity index (χ2v) is 1.94. The Morgan fingerprint density at radius 2 is 2.00 bits per heavy atom. The molecule has 0 aliphatic heterocycles. The van der Waals surface area contributed by atoms with Gasteiger partial charge < -0.3 is 16.6 Å². The lowest BCUT2D eigenvalue weighted by Gasteiger charge is -2.04. The lowest BCUT2D eigenvalue weighted by molar-refractivity contribution is -0.143. The molecule has 0 aromatic rings. The molecule has 0 aromatic heterocycles. The van der Waals surface area contributed by atoms with E-state index in [-0.39, 0.29) is 13.0 Å². The molecule has 0 saturated heterocycles. The van der Waals surface area contributed by atoms with Gasteiger partial charge in [0.1, 0.15) is 0 Å². The first-order chi connectivity index (χ1) is 4.57. The average molecular weight is 146 g/mol. The standard InChI is InChI=1S/C5H10N2O3/c6-2-3(5(9)10)1-4(7)8/h3H,1-2,6H2,(H2,7,8)(H,9,10)/t3-/m0/s1. The van der Waals surface area contributed by atoms with Crippen molar-refractivity contribution >= 4 is 11.9 Å². The number of nitrogens with two attached hydrogens (primary N) is 2. The summed E-state index contributed by atoms with van der Waals surface area (Å²) in [6.45, 7) is -0.0573. The Bertz CT molecular complexity index is 146. The summed E-state index contributed by atoms with van der Waals surface area (Å²) in [5.41, 5.74) is 9.78. The van der Waals surface area contributed by atoms with Gasteiger partial charge in [-0.3, -0.25) is 9.59 Å². The average Bonchev–Trinajstić information content (AvgIpc) is 1.81. The molecule has 0 aliphatic rings. The van der Waals surface area contributed by atoms with Crippen LogP contribution < -0.4 is 11.5 Å². The van der Waals surface area contributed by atoms with E-state index in [2.05, 4.69) is 0 Å². The number of hydrogen-bond acceptors (Lipinski definition) is 3. The van der Waals surface area contributed by atoms with Crippen molar-refractivity contribution in [2.75, 3.05) is 6.54 Å². The van der Waals surface area contributed by atoms with Crippen molar-refractivity contribution < 1.29 is 14.7 Å². The van der Waals surface area contributed by atoms with Gasteiger partial charge in [-0.05, 0) is 0 Å². The fourth-order valence-electron chi connectivity index (χ4n) is 0.514. The van der Waals surface area contributed by atoms with Crippen LogP contribution in [0.3, 0.4) is 0 Å². The predicted octanol–water partition coefficient (Wildman–Crippen LogP) is -1.48. The molecule has 58 valence electrons. The van der Waals surface area contributed by atoms with Crippen LogP contribution in [0.4, 0.5) is 0 Å². The van der Waals surface area contributed by atoms with E-state index in [0.29, 0.717) is 0 Å². The van der Waals surface area contributed by atoms with Crippen LogP contribution in [0.5, 0.6) is 0 Å². The molecule has 0 aromatic carbocycles. The van der Waals surface area contributed by atoms with Crippen molar-refractivity contribution in [3.8, 4) is 0 Å². The smallest absolute Gasteiger partial charge is 0.308 e. The summed E-state index contributed by atoms with van der Waals surface area (Å²) in [5.74, 6) is -2.56. The molecule has 10 heavy (non-hydrogen) atoms. The highest BCUT2D eigenvalue weighted by Gasteiger charge is 2.17. The zero-order valence-electron chi connectivity index (χ0n) is 5.41. The van der Waals surface area contributed by atoms with Crippen LogP contribution in [0.15, 0.2) is 0 Å². The first kappa shape index (κ1) is 8.90. The molecule has 1 atom stereocenters. The van der Waals surface area contributed by atoms with Crippen LogP contribution in [0.1, 0.15) is 6.42 Å². The Hall–Kier alpha value is -1.10. The Morgan fingerprint density at radius 1 is 1.50 bits per heavy atom. The van der Waals surface area contributed by atoms with Gasteiger partial charge in [-0.1, -0.05) is 0 Å². The fourth-order valence-corrected chi connectivity index (χ4v) is 0.514. The molecule has 0 aliphatic carbocycles. The van der Waals surface area contributed by atoms with E-state index in [4.69, 9.17) is 16.6 Å². The normalized spacial score (nSPS) is 12.5. The molecule has 0 unspecified atom stereocenters. The topological polar surface area (TPSA) is 106 Å². The third-order valence-corrected chi connectivity index (χ3v) is 1.08. The van der Waals surface area contributed by atoms with Crippen molar-refractivity contribution in [3.63, 3.8) is 0 Å². The number of hydrogen-bond donors (Lipinski definition) is 3. The number of carbonyl (C=O) groups is 2. The SMILES string of the molecule is NC[C@H](CC(N)=O)C(=O)O. The Balaban J connectivity index is 3.83. The Kier molecular flexibility index (Phi) is 3.42.